The molecule has 10 heteroatoms. The Balaban J connectivity index is 1.68. The molecule has 30 heavy (non-hydrogen) atoms. The van der Waals surface area contributed by atoms with E-state index in [0.717, 1.165) is 0 Å². The second kappa shape index (κ2) is 8.05. The number of hydrogen-bond donors (Lipinski definition) is 0. The first-order valence-corrected chi connectivity index (χ1v) is 9.69. The van der Waals surface area contributed by atoms with Crippen LogP contribution in [0.4, 0.5) is 0 Å². The van der Waals surface area contributed by atoms with Gasteiger partial charge in [-0.1, -0.05) is 10.3 Å². The summed E-state index contributed by atoms with van der Waals surface area (Å²) in [6.07, 6.45) is 3.74. The van der Waals surface area contributed by atoms with Crippen molar-refractivity contribution >= 4 is 11.8 Å². The second-order valence-corrected chi connectivity index (χ2v) is 7.24. The van der Waals surface area contributed by atoms with Gasteiger partial charge < -0.3 is 18.8 Å². The summed E-state index contributed by atoms with van der Waals surface area (Å²) in [5, 5.41) is 7.76. The Kier molecular flexibility index (Phi) is 5.30. The highest BCUT2D eigenvalue weighted by atomic mass is 16.5. The van der Waals surface area contributed by atoms with E-state index in [-0.39, 0.29) is 18.4 Å². The van der Waals surface area contributed by atoms with Gasteiger partial charge in [0.1, 0.15) is 17.4 Å². The van der Waals surface area contributed by atoms with Gasteiger partial charge in [0.25, 0.3) is 17.7 Å². The fourth-order valence-electron chi connectivity index (χ4n) is 3.68. The number of carbonyl (C=O) groups is 2. The van der Waals surface area contributed by atoms with E-state index in [9.17, 15) is 9.59 Å². The lowest BCUT2D eigenvalue weighted by Crippen LogP contribution is -2.40. The Labute approximate surface area is 172 Å². The minimum atomic E-state index is -0.578. The number of amides is 2. The molecule has 3 aromatic rings. The molecule has 1 saturated heterocycles. The SMILES string of the molecule is Cc1noc(C2CN(C(=O)c3c(C)noc3C)CCCN2C(=O)c2cccnc2)n1. The molecule has 0 aromatic carbocycles. The Morgan fingerprint density at radius 3 is 2.57 bits per heavy atom. The van der Waals surface area contributed by atoms with E-state index < -0.39 is 6.04 Å². The number of pyridine rings is 1. The van der Waals surface area contributed by atoms with Crippen LogP contribution in [0.15, 0.2) is 33.6 Å². The van der Waals surface area contributed by atoms with Crippen molar-refractivity contribution in [2.45, 2.75) is 33.2 Å². The molecule has 0 bridgehead atoms. The van der Waals surface area contributed by atoms with Crippen molar-refractivity contribution in [3.8, 4) is 0 Å². The summed E-state index contributed by atoms with van der Waals surface area (Å²) in [5.41, 5.74) is 1.45. The number of nitrogens with zero attached hydrogens (tertiary/aromatic N) is 6. The molecule has 1 fully saturated rings. The van der Waals surface area contributed by atoms with Crippen LogP contribution in [-0.4, -0.2) is 61.5 Å². The second-order valence-electron chi connectivity index (χ2n) is 7.24. The smallest absolute Gasteiger partial charge is 0.259 e. The molecule has 1 aliphatic rings. The number of hydrogen-bond acceptors (Lipinski definition) is 8. The summed E-state index contributed by atoms with van der Waals surface area (Å²) in [6, 6.07) is 2.85. The fourth-order valence-corrected chi connectivity index (χ4v) is 3.68. The summed E-state index contributed by atoms with van der Waals surface area (Å²) in [6.45, 7) is 6.29. The lowest BCUT2D eigenvalue weighted by atomic mass is 10.1. The lowest BCUT2D eigenvalue weighted by molar-refractivity contribution is 0.0591. The predicted molar refractivity (Wildman–Crippen MR) is 104 cm³/mol. The Hall–Kier alpha value is -3.56. The highest BCUT2D eigenvalue weighted by Crippen LogP contribution is 2.27. The third-order valence-electron chi connectivity index (χ3n) is 5.13. The highest BCUT2D eigenvalue weighted by molar-refractivity contribution is 5.96. The van der Waals surface area contributed by atoms with Gasteiger partial charge in [0, 0.05) is 25.5 Å². The van der Waals surface area contributed by atoms with E-state index in [4.69, 9.17) is 9.05 Å². The van der Waals surface area contributed by atoms with Crippen molar-refractivity contribution in [2.24, 2.45) is 0 Å². The predicted octanol–water partition coefficient (Wildman–Crippen LogP) is 2.11. The maximum absolute atomic E-state index is 13.2. The molecule has 3 aromatic heterocycles. The van der Waals surface area contributed by atoms with Crippen molar-refractivity contribution in [3.05, 3.63) is 58.8 Å². The van der Waals surface area contributed by atoms with E-state index in [0.29, 0.717) is 53.8 Å². The Morgan fingerprint density at radius 1 is 1.10 bits per heavy atom. The minimum absolute atomic E-state index is 0.192. The molecule has 2 amide bonds. The third-order valence-corrected chi connectivity index (χ3v) is 5.13. The van der Waals surface area contributed by atoms with E-state index in [1.54, 1.807) is 48.9 Å². The summed E-state index contributed by atoms with van der Waals surface area (Å²) in [4.78, 5) is 38.2. The lowest BCUT2D eigenvalue weighted by Gasteiger charge is -2.29. The highest BCUT2D eigenvalue weighted by Gasteiger charge is 2.36. The molecule has 0 spiro atoms. The van der Waals surface area contributed by atoms with Crippen molar-refractivity contribution in [2.75, 3.05) is 19.6 Å². The first kappa shape index (κ1) is 19.7. The van der Waals surface area contributed by atoms with Gasteiger partial charge in [-0.05, 0) is 39.3 Å². The molecule has 4 heterocycles. The van der Waals surface area contributed by atoms with Crippen LogP contribution in [0, 0.1) is 20.8 Å². The largest absolute Gasteiger partial charge is 0.361 e. The quantitative estimate of drug-likeness (QED) is 0.644. The molecule has 1 atom stereocenters. The van der Waals surface area contributed by atoms with Gasteiger partial charge in [-0.25, -0.2) is 0 Å². The van der Waals surface area contributed by atoms with Gasteiger partial charge in [-0.3, -0.25) is 14.6 Å². The Bertz CT molecular complexity index is 1040. The van der Waals surface area contributed by atoms with E-state index >= 15 is 0 Å². The number of rotatable bonds is 3. The fraction of sp³-hybridized carbons (Fsp3) is 0.400. The molecule has 0 N–H and O–H groups in total. The number of aromatic nitrogens is 4. The zero-order valence-corrected chi connectivity index (χ0v) is 17.0. The van der Waals surface area contributed by atoms with Gasteiger partial charge in [0.2, 0.25) is 0 Å². The maximum Gasteiger partial charge on any atom is 0.259 e. The zero-order chi connectivity index (χ0) is 21.3. The third kappa shape index (κ3) is 3.68. The average Bonchev–Trinajstić information content (AvgIpc) is 3.24. The van der Waals surface area contributed by atoms with Crippen LogP contribution in [0.3, 0.4) is 0 Å². The van der Waals surface area contributed by atoms with E-state index in [1.165, 1.54) is 6.20 Å². The van der Waals surface area contributed by atoms with Gasteiger partial charge in [0.15, 0.2) is 5.82 Å². The van der Waals surface area contributed by atoms with Crippen LogP contribution in [0.25, 0.3) is 0 Å². The minimum Gasteiger partial charge on any atom is -0.361 e. The normalized spacial score (nSPS) is 17.1. The molecule has 4 rings (SSSR count). The first-order chi connectivity index (χ1) is 14.5. The molecule has 0 aliphatic carbocycles. The van der Waals surface area contributed by atoms with Crippen LogP contribution < -0.4 is 0 Å². The van der Waals surface area contributed by atoms with Crippen LogP contribution in [0.5, 0.6) is 0 Å². The number of aryl methyl sites for hydroxylation is 3. The Morgan fingerprint density at radius 2 is 1.93 bits per heavy atom. The average molecular weight is 410 g/mol. The van der Waals surface area contributed by atoms with Crippen molar-refractivity contribution in [1.82, 2.24) is 30.1 Å². The van der Waals surface area contributed by atoms with Gasteiger partial charge in [-0.2, -0.15) is 4.98 Å². The maximum atomic E-state index is 13.2. The zero-order valence-electron chi connectivity index (χ0n) is 17.0. The van der Waals surface area contributed by atoms with Crippen LogP contribution in [-0.2, 0) is 0 Å². The van der Waals surface area contributed by atoms with Crippen molar-refractivity contribution in [1.29, 1.82) is 0 Å². The van der Waals surface area contributed by atoms with Gasteiger partial charge in [-0.15, -0.1) is 0 Å². The molecule has 1 unspecified atom stereocenters. The molecule has 156 valence electrons. The monoisotopic (exact) mass is 410 g/mol. The van der Waals surface area contributed by atoms with Crippen LogP contribution in [0.1, 0.15) is 56.3 Å². The van der Waals surface area contributed by atoms with Gasteiger partial charge in [0.05, 0.1) is 17.8 Å². The molecule has 0 saturated carbocycles. The molecular weight excluding hydrogens is 388 g/mol. The summed E-state index contributed by atoms with van der Waals surface area (Å²) in [5.74, 6) is 0.837. The van der Waals surface area contributed by atoms with E-state index in [1.807, 2.05) is 0 Å². The van der Waals surface area contributed by atoms with Crippen LogP contribution >= 0.6 is 0 Å². The standard InChI is InChI=1S/C20H22N6O4/c1-12-17(13(2)29-23-12)20(28)25-8-5-9-26(19(27)15-6-4-7-21-10-15)16(11-25)18-22-14(3)24-30-18/h4,6-7,10,16H,5,8-9,11H2,1-3H3. The van der Waals surface area contributed by atoms with Crippen LogP contribution in [0.2, 0.25) is 0 Å². The molecule has 1 aliphatic heterocycles. The van der Waals surface area contributed by atoms with E-state index in [2.05, 4.69) is 20.3 Å². The van der Waals surface area contributed by atoms with Crippen molar-refractivity contribution < 1.29 is 18.6 Å². The molecule has 0 radical (unpaired) electrons. The summed E-state index contributed by atoms with van der Waals surface area (Å²) >= 11 is 0. The van der Waals surface area contributed by atoms with Crippen molar-refractivity contribution in [3.63, 3.8) is 0 Å². The molecular formula is C20H22N6O4. The first-order valence-electron chi connectivity index (χ1n) is 9.69. The summed E-state index contributed by atoms with van der Waals surface area (Å²) in [7, 11) is 0. The van der Waals surface area contributed by atoms with Gasteiger partial charge >= 0.3 is 0 Å². The summed E-state index contributed by atoms with van der Waals surface area (Å²) < 4.78 is 10.6. The topological polar surface area (TPSA) is 118 Å². The molecule has 10 nitrogen and oxygen atoms in total. The number of carbonyl (C=O) groups excluding carboxylic acids is 2.